The number of anilines is 1. The van der Waals surface area contributed by atoms with E-state index in [0.717, 1.165) is 39.2 Å². The zero-order valence-electron chi connectivity index (χ0n) is 15.3. The number of nitrogens with one attached hydrogen (secondary N) is 2. The Labute approximate surface area is 157 Å². The highest BCUT2D eigenvalue weighted by Gasteiger charge is 2.14. The van der Waals surface area contributed by atoms with Crippen LogP contribution in [0.2, 0.25) is 0 Å². The minimum absolute atomic E-state index is 0.206. The van der Waals surface area contributed by atoms with E-state index in [-0.39, 0.29) is 12.8 Å². The molecule has 0 atom stereocenters. The molecule has 0 fully saturated rings. The maximum absolute atomic E-state index is 12.0. The van der Waals surface area contributed by atoms with Gasteiger partial charge in [0.25, 0.3) is 0 Å². The molecule has 0 saturated heterocycles. The standard InChI is InChI=1S/C21H21N3O3/c1-13(2)10-23-21(25)24-17-4-5-18-15(8-17)7-16(11-22-18)14-3-6-19-20(9-14)27-12-26-19/h3-9,11,13H,10,12H2,1-2H3,(H2,23,24,25). The predicted molar refractivity (Wildman–Crippen MR) is 105 cm³/mol. The molecule has 0 aliphatic carbocycles. The van der Waals surface area contributed by atoms with Crippen LogP contribution in [0.3, 0.4) is 0 Å². The van der Waals surface area contributed by atoms with E-state index in [4.69, 9.17) is 9.47 Å². The Kier molecular flexibility index (Phi) is 4.54. The summed E-state index contributed by atoms with van der Waals surface area (Å²) in [5, 5.41) is 6.67. The maximum Gasteiger partial charge on any atom is 0.319 e. The highest BCUT2D eigenvalue weighted by molar-refractivity contribution is 5.93. The summed E-state index contributed by atoms with van der Waals surface area (Å²) in [6.07, 6.45) is 1.84. The third-order valence-corrected chi connectivity index (χ3v) is 4.32. The van der Waals surface area contributed by atoms with Crippen LogP contribution in [0.5, 0.6) is 11.5 Å². The van der Waals surface area contributed by atoms with Crippen LogP contribution in [0.15, 0.2) is 48.7 Å². The summed E-state index contributed by atoms with van der Waals surface area (Å²) in [6.45, 7) is 5.00. The molecule has 138 valence electrons. The van der Waals surface area contributed by atoms with Gasteiger partial charge in [0.15, 0.2) is 11.5 Å². The number of ether oxygens (including phenoxy) is 2. The van der Waals surface area contributed by atoms with E-state index in [1.165, 1.54) is 0 Å². The van der Waals surface area contributed by atoms with Crippen molar-refractivity contribution in [1.29, 1.82) is 0 Å². The molecule has 2 N–H and O–H groups in total. The largest absolute Gasteiger partial charge is 0.454 e. The molecule has 0 spiro atoms. The van der Waals surface area contributed by atoms with Crippen molar-refractivity contribution in [1.82, 2.24) is 10.3 Å². The Morgan fingerprint density at radius 3 is 2.78 bits per heavy atom. The lowest BCUT2D eigenvalue weighted by Crippen LogP contribution is -2.31. The second-order valence-electron chi connectivity index (χ2n) is 6.93. The van der Waals surface area contributed by atoms with Crippen LogP contribution >= 0.6 is 0 Å². The Morgan fingerprint density at radius 1 is 1.07 bits per heavy atom. The van der Waals surface area contributed by atoms with Crippen molar-refractivity contribution >= 4 is 22.6 Å². The van der Waals surface area contributed by atoms with Gasteiger partial charge in [-0.2, -0.15) is 0 Å². The summed E-state index contributed by atoms with van der Waals surface area (Å²) >= 11 is 0. The van der Waals surface area contributed by atoms with Gasteiger partial charge in [-0.25, -0.2) is 4.79 Å². The molecule has 2 amide bonds. The molecule has 1 aliphatic heterocycles. The van der Waals surface area contributed by atoms with Crippen LogP contribution < -0.4 is 20.1 Å². The average Bonchev–Trinajstić information content (AvgIpc) is 3.13. The van der Waals surface area contributed by atoms with Crippen LogP contribution in [0.1, 0.15) is 13.8 Å². The van der Waals surface area contributed by atoms with Gasteiger partial charge in [0.1, 0.15) is 0 Å². The van der Waals surface area contributed by atoms with Crippen LogP contribution in [0, 0.1) is 5.92 Å². The van der Waals surface area contributed by atoms with E-state index in [2.05, 4.69) is 35.5 Å². The first-order valence-electron chi connectivity index (χ1n) is 8.93. The van der Waals surface area contributed by atoms with Crippen molar-refractivity contribution < 1.29 is 14.3 Å². The molecule has 4 rings (SSSR count). The average molecular weight is 363 g/mol. The van der Waals surface area contributed by atoms with Crippen molar-refractivity contribution in [2.45, 2.75) is 13.8 Å². The molecule has 27 heavy (non-hydrogen) atoms. The first-order chi connectivity index (χ1) is 13.1. The fraction of sp³-hybridized carbons (Fsp3) is 0.238. The fourth-order valence-electron chi connectivity index (χ4n) is 2.92. The van der Waals surface area contributed by atoms with E-state index in [0.29, 0.717) is 12.5 Å². The fourth-order valence-corrected chi connectivity index (χ4v) is 2.92. The van der Waals surface area contributed by atoms with E-state index >= 15 is 0 Å². The van der Waals surface area contributed by atoms with Gasteiger partial charge in [-0.15, -0.1) is 0 Å². The van der Waals surface area contributed by atoms with Gasteiger partial charge >= 0.3 is 6.03 Å². The Balaban J connectivity index is 1.58. The molecule has 1 aromatic heterocycles. The van der Waals surface area contributed by atoms with Crippen LogP contribution in [0.4, 0.5) is 10.5 Å². The topological polar surface area (TPSA) is 72.5 Å². The number of pyridine rings is 1. The molecular weight excluding hydrogens is 342 g/mol. The number of carbonyl (C=O) groups is 1. The van der Waals surface area contributed by atoms with Gasteiger partial charge in [0, 0.05) is 29.4 Å². The van der Waals surface area contributed by atoms with Crippen molar-refractivity contribution in [3.63, 3.8) is 0 Å². The number of carbonyl (C=O) groups excluding carboxylic acids is 1. The minimum atomic E-state index is -0.206. The lowest BCUT2D eigenvalue weighted by molar-refractivity contribution is 0.174. The molecule has 1 aliphatic rings. The molecular formula is C21H21N3O3. The van der Waals surface area contributed by atoms with Crippen molar-refractivity contribution in [2.24, 2.45) is 5.92 Å². The number of hydrogen-bond acceptors (Lipinski definition) is 4. The molecule has 0 unspecified atom stereocenters. The summed E-state index contributed by atoms with van der Waals surface area (Å²) < 4.78 is 10.8. The predicted octanol–water partition coefficient (Wildman–Crippen LogP) is 4.41. The third kappa shape index (κ3) is 3.79. The number of fused-ring (bicyclic) bond motifs is 2. The van der Waals surface area contributed by atoms with Crippen molar-refractivity contribution in [3.05, 3.63) is 48.7 Å². The van der Waals surface area contributed by atoms with Gasteiger partial charge in [-0.3, -0.25) is 4.98 Å². The number of aromatic nitrogens is 1. The first-order valence-corrected chi connectivity index (χ1v) is 8.93. The van der Waals surface area contributed by atoms with Gasteiger partial charge in [-0.1, -0.05) is 19.9 Å². The lowest BCUT2D eigenvalue weighted by Gasteiger charge is -2.10. The smallest absolute Gasteiger partial charge is 0.319 e. The normalized spacial score (nSPS) is 12.4. The number of nitrogens with zero attached hydrogens (tertiary/aromatic N) is 1. The number of benzene rings is 2. The molecule has 0 saturated carbocycles. The number of rotatable bonds is 4. The Hall–Kier alpha value is -3.28. The van der Waals surface area contributed by atoms with E-state index in [1.54, 1.807) is 0 Å². The Bertz CT molecular complexity index is 1000. The van der Waals surface area contributed by atoms with Gasteiger partial charge in [0.05, 0.1) is 5.52 Å². The minimum Gasteiger partial charge on any atom is -0.454 e. The number of urea groups is 1. The summed E-state index contributed by atoms with van der Waals surface area (Å²) in [4.78, 5) is 16.5. The summed E-state index contributed by atoms with van der Waals surface area (Å²) in [7, 11) is 0. The Morgan fingerprint density at radius 2 is 1.93 bits per heavy atom. The van der Waals surface area contributed by atoms with Crippen molar-refractivity contribution in [3.8, 4) is 22.6 Å². The number of amides is 2. The molecule has 2 aromatic carbocycles. The molecule has 3 aromatic rings. The monoisotopic (exact) mass is 363 g/mol. The van der Waals surface area contributed by atoms with Crippen molar-refractivity contribution in [2.75, 3.05) is 18.7 Å². The van der Waals surface area contributed by atoms with Crippen LogP contribution in [-0.2, 0) is 0 Å². The second-order valence-corrected chi connectivity index (χ2v) is 6.93. The second kappa shape index (κ2) is 7.15. The highest BCUT2D eigenvalue weighted by Crippen LogP contribution is 2.36. The zero-order chi connectivity index (χ0) is 18.8. The summed E-state index contributed by atoms with van der Waals surface area (Å²) in [6, 6.07) is 13.4. The first kappa shape index (κ1) is 17.1. The number of hydrogen-bond donors (Lipinski definition) is 2. The molecule has 6 heteroatoms. The molecule has 6 nitrogen and oxygen atoms in total. The van der Waals surface area contributed by atoms with Crippen LogP contribution in [0.25, 0.3) is 22.0 Å². The summed E-state index contributed by atoms with van der Waals surface area (Å²) in [5.74, 6) is 1.90. The van der Waals surface area contributed by atoms with Gasteiger partial charge < -0.3 is 20.1 Å². The quantitative estimate of drug-likeness (QED) is 0.720. The third-order valence-electron chi connectivity index (χ3n) is 4.32. The lowest BCUT2D eigenvalue weighted by atomic mass is 10.0. The molecule has 0 bridgehead atoms. The van der Waals surface area contributed by atoms with E-state index in [9.17, 15) is 4.79 Å². The maximum atomic E-state index is 12.0. The van der Waals surface area contributed by atoms with E-state index < -0.39 is 0 Å². The molecule has 2 heterocycles. The molecule has 0 radical (unpaired) electrons. The summed E-state index contributed by atoms with van der Waals surface area (Å²) in [5.41, 5.74) is 3.57. The van der Waals surface area contributed by atoms with E-state index in [1.807, 2.05) is 42.6 Å². The SMILES string of the molecule is CC(C)CNC(=O)Nc1ccc2ncc(-c3ccc4c(c3)OCO4)cc2c1. The van der Waals surface area contributed by atoms with Gasteiger partial charge in [-0.05, 0) is 47.9 Å². The van der Waals surface area contributed by atoms with Gasteiger partial charge in [0.2, 0.25) is 6.79 Å². The zero-order valence-corrected chi connectivity index (χ0v) is 15.3. The highest BCUT2D eigenvalue weighted by atomic mass is 16.7. The van der Waals surface area contributed by atoms with Crippen LogP contribution in [-0.4, -0.2) is 24.4 Å².